The molecule has 0 spiro atoms. The molecule has 1 fully saturated rings. The third-order valence-corrected chi connectivity index (χ3v) is 4.62. The van der Waals surface area contributed by atoms with E-state index in [1.807, 2.05) is 30.3 Å². The highest BCUT2D eigenvalue weighted by Crippen LogP contribution is 2.14. The molecular formula is C21H22N2O3. The van der Waals surface area contributed by atoms with Gasteiger partial charge in [0.25, 0.3) is 5.91 Å². The summed E-state index contributed by atoms with van der Waals surface area (Å²) in [4.78, 5) is 37.6. The van der Waals surface area contributed by atoms with Crippen LogP contribution in [-0.4, -0.2) is 41.6 Å². The van der Waals surface area contributed by atoms with Gasteiger partial charge in [-0.2, -0.15) is 0 Å². The van der Waals surface area contributed by atoms with E-state index in [1.165, 1.54) is 12.5 Å². The van der Waals surface area contributed by atoms with Crippen LogP contribution >= 0.6 is 0 Å². The third-order valence-electron chi connectivity index (χ3n) is 4.62. The van der Waals surface area contributed by atoms with Crippen LogP contribution in [0.15, 0.2) is 54.6 Å². The second-order valence-corrected chi connectivity index (χ2v) is 6.58. The van der Waals surface area contributed by atoms with Crippen molar-refractivity contribution in [2.24, 2.45) is 0 Å². The van der Waals surface area contributed by atoms with Gasteiger partial charge in [0.15, 0.2) is 5.78 Å². The van der Waals surface area contributed by atoms with Crippen LogP contribution in [0.3, 0.4) is 0 Å². The predicted octanol–water partition coefficient (Wildman–Crippen LogP) is 2.46. The highest BCUT2D eigenvalue weighted by atomic mass is 16.2. The minimum Gasteiger partial charge on any atom is -0.347 e. The molecule has 1 heterocycles. The zero-order chi connectivity index (χ0) is 18.5. The lowest BCUT2D eigenvalue weighted by Gasteiger charge is -2.17. The van der Waals surface area contributed by atoms with Crippen molar-refractivity contribution in [3.63, 3.8) is 0 Å². The maximum absolute atomic E-state index is 12.3. The Bertz CT molecular complexity index is 800. The minimum atomic E-state index is -0.220. The Balaban J connectivity index is 1.53. The molecule has 3 rings (SSSR count). The van der Waals surface area contributed by atoms with Crippen LogP contribution in [0, 0.1) is 0 Å². The number of ketones is 1. The predicted molar refractivity (Wildman–Crippen MR) is 99.0 cm³/mol. The van der Waals surface area contributed by atoms with Crippen LogP contribution in [0.1, 0.15) is 39.6 Å². The molecule has 0 unspecified atom stereocenters. The number of carbonyl (C=O) groups excluding carboxylic acids is 3. The molecule has 0 saturated carbocycles. The van der Waals surface area contributed by atoms with Gasteiger partial charge in [0.1, 0.15) is 0 Å². The molecule has 5 heteroatoms. The van der Waals surface area contributed by atoms with Crippen molar-refractivity contribution in [1.29, 1.82) is 0 Å². The standard InChI is InChI=1S/C21H22N2O3/c1-15(24)17-7-9-18(10-8-17)21(26)22-19-13-20(25)23(14-19)12-11-16-5-3-2-4-6-16/h2-10,19H,11-14H2,1H3,(H,22,26)/t19-/m0/s1. The van der Waals surface area contributed by atoms with Gasteiger partial charge >= 0.3 is 0 Å². The quantitative estimate of drug-likeness (QED) is 0.814. The number of benzene rings is 2. The molecule has 1 atom stereocenters. The number of likely N-dealkylation sites (tertiary alicyclic amines) is 1. The first-order chi connectivity index (χ1) is 12.5. The fourth-order valence-electron chi connectivity index (χ4n) is 3.12. The number of nitrogens with zero attached hydrogens (tertiary/aromatic N) is 1. The molecule has 1 N–H and O–H groups in total. The molecule has 1 aliphatic heterocycles. The van der Waals surface area contributed by atoms with E-state index in [2.05, 4.69) is 5.32 Å². The molecule has 26 heavy (non-hydrogen) atoms. The summed E-state index contributed by atoms with van der Waals surface area (Å²) in [6.07, 6.45) is 1.13. The first-order valence-corrected chi connectivity index (χ1v) is 8.76. The first-order valence-electron chi connectivity index (χ1n) is 8.76. The fraction of sp³-hybridized carbons (Fsp3) is 0.286. The zero-order valence-electron chi connectivity index (χ0n) is 14.8. The molecule has 1 aliphatic rings. The number of nitrogens with one attached hydrogen (secondary N) is 1. The Morgan fingerprint density at radius 2 is 1.69 bits per heavy atom. The lowest BCUT2D eigenvalue weighted by Crippen LogP contribution is -2.37. The molecular weight excluding hydrogens is 328 g/mol. The van der Waals surface area contributed by atoms with Crippen molar-refractivity contribution in [2.45, 2.75) is 25.8 Å². The maximum Gasteiger partial charge on any atom is 0.251 e. The van der Waals surface area contributed by atoms with E-state index in [9.17, 15) is 14.4 Å². The Morgan fingerprint density at radius 3 is 2.35 bits per heavy atom. The Morgan fingerprint density at radius 1 is 1.04 bits per heavy atom. The van der Waals surface area contributed by atoms with E-state index >= 15 is 0 Å². The normalized spacial score (nSPS) is 16.6. The molecule has 0 aliphatic carbocycles. The molecule has 0 aromatic heterocycles. The molecule has 0 bridgehead atoms. The van der Waals surface area contributed by atoms with Gasteiger partial charge in [0.2, 0.25) is 5.91 Å². The molecule has 0 radical (unpaired) electrons. The van der Waals surface area contributed by atoms with Crippen molar-refractivity contribution < 1.29 is 14.4 Å². The van der Waals surface area contributed by atoms with Crippen LogP contribution in [-0.2, 0) is 11.2 Å². The van der Waals surface area contributed by atoms with Crippen molar-refractivity contribution >= 4 is 17.6 Å². The minimum absolute atomic E-state index is 0.0348. The van der Waals surface area contributed by atoms with Crippen LogP contribution in [0.2, 0.25) is 0 Å². The summed E-state index contributed by atoms with van der Waals surface area (Å²) in [5.74, 6) is -0.187. The summed E-state index contributed by atoms with van der Waals surface area (Å²) >= 11 is 0. The number of rotatable bonds is 6. The third kappa shape index (κ3) is 4.36. The molecule has 2 amide bonds. The van der Waals surface area contributed by atoms with Gasteiger partial charge in [-0.25, -0.2) is 0 Å². The fourth-order valence-corrected chi connectivity index (χ4v) is 3.12. The van der Waals surface area contributed by atoms with Crippen LogP contribution in [0.25, 0.3) is 0 Å². The summed E-state index contributed by atoms with van der Waals surface area (Å²) in [6, 6.07) is 16.4. The maximum atomic E-state index is 12.3. The highest BCUT2D eigenvalue weighted by Gasteiger charge is 2.30. The average Bonchev–Trinajstić information content (AvgIpc) is 3.00. The topological polar surface area (TPSA) is 66.5 Å². The molecule has 2 aromatic carbocycles. The summed E-state index contributed by atoms with van der Waals surface area (Å²) in [6.45, 7) is 2.68. The monoisotopic (exact) mass is 350 g/mol. The van der Waals surface area contributed by atoms with E-state index in [1.54, 1.807) is 29.2 Å². The zero-order valence-corrected chi connectivity index (χ0v) is 14.8. The van der Waals surface area contributed by atoms with Crippen molar-refractivity contribution in [2.75, 3.05) is 13.1 Å². The van der Waals surface area contributed by atoms with Crippen LogP contribution < -0.4 is 5.32 Å². The highest BCUT2D eigenvalue weighted by molar-refractivity contribution is 5.98. The Labute approximate surface area is 153 Å². The van der Waals surface area contributed by atoms with Gasteiger partial charge in [-0.05, 0) is 31.0 Å². The Hall–Kier alpha value is -2.95. The second-order valence-electron chi connectivity index (χ2n) is 6.58. The summed E-state index contributed by atoms with van der Waals surface area (Å²) < 4.78 is 0. The van der Waals surface area contributed by atoms with Crippen LogP contribution in [0.5, 0.6) is 0 Å². The lowest BCUT2D eigenvalue weighted by atomic mass is 10.1. The van der Waals surface area contributed by atoms with Gasteiger partial charge in [0.05, 0.1) is 6.04 Å². The molecule has 5 nitrogen and oxygen atoms in total. The molecule has 134 valence electrons. The Kier molecular flexibility index (Phi) is 5.46. The summed E-state index contributed by atoms with van der Waals surface area (Å²) in [7, 11) is 0. The van der Waals surface area contributed by atoms with E-state index < -0.39 is 0 Å². The summed E-state index contributed by atoms with van der Waals surface area (Å²) in [5, 5.41) is 2.92. The number of hydrogen-bond donors (Lipinski definition) is 1. The van der Waals surface area contributed by atoms with Gasteiger partial charge in [-0.1, -0.05) is 42.5 Å². The van der Waals surface area contributed by atoms with Gasteiger partial charge in [-0.15, -0.1) is 0 Å². The number of carbonyl (C=O) groups is 3. The molecule has 1 saturated heterocycles. The molecule has 2 aromatic rings. The lowest BCUT2D eigenvalue weighted by molar-refractivity contribution is -0.127. The largest absolute Gasteiger partial charge is 0.347 e. The van der Waals surface area contributed by atoms with Crippen molar-refractivity contribution in [3.8, 4) is 0 Å². The number of Topliss-reactive ketones (excluding diaryl/α,β-unsaturated/α-hetero) is 1. The summed E-state index contributed by atoms with van der Waals surface area (Å²) in [5.41, 5.74) is 2.26. The van der Waals surface area contributed by atoms with Gasteiger partial charge in [0, 0.05) is 30.6 Å². The van der Waals surface area contributed by atoms with E-state index in [0.29, 0.717) is 30.6 Å². The second kappa shape index (κ2) is 7.95. The average molecular weight is 350 g/mol. The first kappa shape index (κ1) is 17.9. The number of amides is 2. The number of hydrogen-bond acceptors (Lipinski definition) is 3. The smallest absolute Gasteiger partial charge is 0.251 e. The van der Waals surface area contributed by atoms with Crippen molar-refractivity contribution in [3.05, 3.63) is 71.3 Å². The van der Waals surface area contributed by atoms with E-state index in [0.717, 1.165) is 6.42 Å². The van der Waals surface area contributed by atoms with E-state index in [4.69, 9.17) is 0 Å². The van der Waals surface area contributed by atoms with E-state index in [-0.39, 0.29) is 23.6 Å². The SMILES string of the molecule is CC(=O)c1ccc(C(=O)N[C@H]2CC(=O)N(CCc3ccccc3)C2)cc1. The van der Waals surface area contributed by atoms with Gasteiger partial charge < -0.3 is 10.2 Å². The van der Waals surface area contributed by atoms with Gasteiger partial charge in [-0.3, -0.25) is 14.4 Å². The van der Waals surface area contributed by atoms with Crippen molar-refractivity contribution in [1.82, 2.24) is 10.2 Å². The van der Waals surface area contributed by atoms with Crippen LogP contribution in [0.4, 0.5) is 0 Å².